The van der Waals surface area contributed by atoms with Crippen molar-refractivity contribution >= 4 is 5.91 Å². The fourth-order valence-corrected chi connectivity index (χ4v) is 1.50. The molecule has 1 saturated heterocycles. The fraction of sp³-hybridized carbons (Fsp3) is 0.889. The van der Waals surface area contributed by atoms with Crippen LogP contribution in [0.2, 0.25) is 0 Å². The maximum absolute atomic E-state index is 11.8. The molecule has 2 N–H and O–H groups in total. The molecule has 0 bridgehead atoms. The third-order valence-electron chi connectivity index (χ3n) is 2.27. The molecule has 0 aromatic heterocycles. The maximum atomic E-state index is 11.8. The number of hydrogen-bond donors (Lipinski definition) is 1. The van der Waals surface area contributed by atoms with Crippen LogP contribution in [-0.2, 0) is 9.63 Å². The molecule has 1 heterocycles. The summed E-state index contributed by atoms with van der Waals surface area (Å²) >= 11 is 0. The second kappa shape index (κ2) is 3.64. The van der Waals surface area contributed by atoms with E-state index in [2.05, 4.69) is 0 Å². The van der Waals surface area contributed by atoms with Gasteiger partial charge in [0, 0.05) is 18.5 Å². The predicted molar refractivity (Wildman–Crippen MR) is 49.7 cm³/mol. The molecule has 0 aromatic rings. The van der Waals surface area contributed by atoms with Gasteiger partial charge in [-0.25, -0.2) is 5.90 Å². The molecule has 1 aliphatic rings. The zero-order valence-corrected chi connectivity index (χ0v) is 8.54. The molecule has 4 nitrogen and oxygen atoms in total. The Balaban J connectivity index is 2.52. The maximum Gasteiger partial charge on any atom is 0.228 e. The van der Waals surface area contributed by atoms with Gasteiger partial charge in [0.15, 0.2) is 0 Å². The van der Waals surface area contributed by atoms with Crippen molar-refractivity contribution in [1.82, 2.24) is 4.90 Å². The summed E-state index contributed by atoms with van der Waals surface area (Å²) < 4.78 is 0. The first-order valence-electron chi connectivity index (χ1n) is 4.60. The summed E-state index contributed by atoms with van der Waals surface area (Å²) in [5.41, 5.74) is -0.302. The van der Waals surface area contributed by atoms with E-state index >= 15 is 0 Å². The Bertz CT molecular complexity index is 198. The number of nitrogens with zero attached hydrogens (tertiary/aromatic N) is 1. The number of carbonyl (C=O) groups excluding carboxylic acids is 1. The van der Waals surface area contributed by atoms with E-state index in [1.54, 1.807) is 0 Å². The highest BCUT2D eigenvalue weighted by Crippen LogP contribution is 2.21. The van der Waals surface area contributed by atoms with Crippen LogP contribution in [0.4, 0.5) is 0 Å². The van der Waals surface area contributed by atoms with Crippen molar-refractivity contribution in [3.63, 3.8) is 0 Å². The first kappa shape index (κ1) is 10.5. The van der Waals surface area contributed by atoms with Crippen molar-refractivity contribution in [2.75, 3.05) is 13.1 Å². The number of amides is 1. The molecule has 4 heteroatoms. The third-order valence-corrected chi connectivity index (χ3v) is 2.27. The van der Waals surface area contributed by atoms with E-state index in [0.717, 1.165) is 13.0 Å². The van der Waals surface area contributed by atoms with Gasteiger partial charge in [0.1, 0.15) is 0 Å². The minimum atomic E-state index is -0.302. The van der Waals surface area contributed by atoms with Gasteiger partial charge in [-0.15, -0.1) is 0 Å². The van der Waals surface area contributed by atoms with Crippen LogP contribution in [0.3, 0.4) is 0 Å². The second-order valence-corrected chi connectivity index (χ2v) is 4.55. The number of rotatable bonds is 1. The van der Waals surface area contributed by atoms with Crippen LogP contribution in [0.25, 0.3) is 0 Å². The molecule has 13 heavy (non-hydrogen) atoms. The fourth-order valence-electron chi connectivity index (χ4n) is 1.50. The van der Waals surface area contributed by atoms with Crippen LogP contribution in [0.1, 0.15) is 27.2 Å². The normalized spacial score (nSPS) is 23.7. The van der Waals surface area contributed by atoms with Crippen LogP contribution >= 0.6 is 0 Å². The third kappa shape index (κ3) is 2.42. The van der Waals surface area contributed by atoms with E-state index in [0.29, 0.717) is 6.54 Å². The number of likely N-dealkylation sites (tertiary alicyclic amines) is 1. The Labute approximate surface area is 79.0 Å². The minimum Gasteiger partial charge on any atom is -0.339 e. The summed E-state index contributed by atoms with van der Waals surface area (Å²) in [7, 11) is 0. The number of nitrogens with two attached hydrogens (primary N) is 1. The molecule has 1 fully saturated rings. The van der Waals surface area contributed by atoms with E-state index < -0.39 is 0 Å². The summed E-state index contributed by atoms with van der Waals surface area (Å²) in [6.45, 7) is 7.16. The number of hydrogen-bond acceptors (Lipinski definition) is 3. The Morgan fingerprint density at radius 2 is 2.15 bits per heavy atom. The molecule has 0 aliphatic carbocycles. The first-order valence-corrected chi connectivity index (χ1v) is 4.60. The molecule has 0 saturated carbocycles. The van der Waals surface area contributed by atoms with E-state index in [9.17, 15) is 4.79 Å². The molecule has 1 aliphatic heterocycles. The molecule has 1 rings (SSSR count). The lowest BCUT2D eigenvalue weighted by Crippen LogP contribution is -2.38. The summed E-state index contributed by atoms with van der Waals surface area (Å²) in [6, 6.07) is 0. The Morgan fingerprint density at radius 1 is 1.54 bits per heavy atom. The van der Waals surface area contributed by atoms with Crippen molar-refractivity contribution in [2.24, 2.45) is 11.3 Å². The smallest absolute Gasteiger partial charge is 0.228 e. The summed E-state index contributed by atoms with van der Waals surface area (Å²) in [5, 5.41) is 0. The van der Waals surface area contributed by atoms with Crippen LogP contribution in [0, 0.1) is 5.41 Å². The quantitative estimate of drug-likeness (QED) is 0.607. The average Bonchev–Trinajstić information content (AvgIpc) is 2.48. The lowest BCUT2D eigenvalue weighted by molar-refractivity contribution is -0.138. The molecular weight excluding hydrogens is 168 g/mol. The Morgan fingerprint density at radius 3 is 2.54 bits per heavy atom. The van der Waals surface area contributed by atoms with Gasteiger partial charge in [-0.2, -0.15) is 0 Å². The Kier molecular flexibility index (Phi) is 2.93. The first-order chi connectivity index (χ1) is 5.95. The largest absolute Gasteiger partial charge is 0.339 e. The molecular formula is C9H18N2O2. The van der Waals surface area contributed by atoms with Crippen molar-refractivity contribution in [3.05, 3.63) is 0 Å². The van der Waals surface area contributed by atoms with Crippen molar-refractivity contribution < 1.29 is 9.63 Å². The van der Waals surface area contributed by atoms with Crippen molar-refractivity contribution in [1.29, 1.82) is 0 Å². The van der Waals surface area contributed by atoms with Gasteiger partial charge in [0.05, 0.1) is 6.10 Å². The van der Waals surface area contributed by atoms with E-state index in [1.165, 1.54) is 0 Å². The van der Waals surface area contributed by atoms with Crippen molar-refractivity contribution in [2.45, 2.75) is 33.3 Å². The zero-order chi connectivity index (χ0) is 10.1. The van der Waals surface area contributed by atoms with Gasteiger partial charge >= 0.3 is 0 Å². The van der Waals surface area contributed by atoms with Crippen LogP contribution in [0.15, 0.2) is 0 Å². The molecule has 0 radical (unpaired) electrons. The highest BCUT2D eigenvalue weighted by atomic mass is 16.6. The lowest BCUT2D eigenvalue weighted by atomic mass is 9.95. The molecule has 1 amide bonds. The molecule has 1 unspecified atom stereocenters. The van der Waals surface area contributed by atoms with Crippen molar-refractivity contribution in [3.8, 4) is 0 Å². The summed E-state index contributed by atoms with van der Waals surface area (Å²) in [4.78, 5) is 18.3. The minimum absolute atomic E-state index is 0.0197. The van der Waals surface area contributed by atoms with Crippen LogP contribution in [-0.4, -0.2) is 30.0 Å². The van der Waals surface area contributed by atoms with Crippen LogP contribution in [0.5, 0.6) is 0 Å². The number of carbonyl (C=O) groups is 1. The predicted octanol–water partition coefficient (Wildman–Crippen LogP) is 0.524. The lowest BCUT2D eigenvalue weighted by Gasteiger charge is -2.25. The highest BCUT2D eigenvalue weighted by Gasteiger charge is 2.32. The standard InChI is InChI=1S/C9H18N2O2/c1-9(2,3)8(12)11-5-4-7(6-11)13-10/h7H,4-6,10H2,1-3H3. The average molecular weight is 186 g/mol. The Hall–Kier alpha value is -0.610. The second-order valence-electron chi connectivity index (χ2n) is 4.55. The highest BCUT2D eigenvalue weighted by molar-refractivity contribution is 5.81. The molecule has 76 valence electrons. The van der Waals surface area contributed by atoms with E-state index in [1.807, 2.05) is 25.7 Å². The van der Waals surface area contributed by atoms with Crippen LogP contribution < -0.4 is 5.90 Å². The molecule has 1 atom stereocenters. The van der Waals surface area contributed by atoms with Gasteiger partial charge < -0.3 is 4.90 Å². The van der Waals surface area contributed by atoms with Gasteiger partial charge in [-0.05, 0) is 6.42 Å². The molecule has 0 spiro atoms. The zero-order valence-electron chi connectivity index (χ0n) is 8.54. The molecule has 0 aromatic carbocycles. The monoisotopic (exact) mass is 186 g/mol. The SMILES string of the molecule is CC(C)(C)C(=O)N1CCC(ON)C1. The van der Waals surface area contributed by atoms with Gasteiger partial charge in [0.25, 0.3) is 0 Å². The van der Waals surface area contributed by atoms with E-state index in [-0.39, 0.29) is 17.4 Å². The van der Waals surface area contributed by atoms with E-state index in [4.69, 9.17) is 10.7 Å². The van der Waals surface area contributed by atoms with Gasteiger partial charge in [0.2, 0.25) is 5.91 Å². The summed E-state index contributed by atoms with van der Waals surface area (Å²) in [5.74, 6) is 5.24. The van der Waals surface area contributed by atoms with Gasteiger partial charge in [-0.3, -0.25) is 9.63 Å². The topological polar surface area (TPSA) is 55.6 Å². The summed E-state index contributed by atoms with van der Waals surface area (Å²) in [6.07, 6.45) is 0.865. The van der Waals surface area contributed by atoms with Gasteiger partial charge in [-0.1, -0.05) is 20.8 Å².